The highest BCUT2D eigenvalue weighted by Gasteiger charge is 2.22. The highest BCUT2D eigenvalue weighted by atomic mass is 15.0. The molecule has 1 rings (SSSR count). The van der Waals surface area contributed by atoms with Crippen LogP contribution in [0.1, 0.15) is 47.0 Å². The van der Waals surface area contributed by atoms with E-state index in [0.717, 1.165) is 6.04 Å². The standard InChI is InChI=1S/C12H26N2/c1-10(12(2,3)4)14-11-6-5-8-13-9-7-11/h10-11,13-14H,5-9H2,1-4H3. The quantitative estimate of drug-likeness (QED) is 0.710. The summed E-state index contributed by atoms with van der Waals surface area (Å²) >= 11 is 0. The average molecular weight is 198 g/mol. The third-order valence-corrected chi connectivity index (χ3v) is 3.36. The summed E-state index contributed by atoms with van der Waals surface area (Å²) in [5.74, 6) is 0. The van der Waals surface area contributed by atoms with Crippen molar-refractivity contribution in [1.29, 1.82) is 0 Å². The first-order valence-electron chi connectivity index (χ1n) is 5.97. The highest BCUT2D eigenvalue weighted by Crippen LogP contribution is 2.20. The van der Waals surface area contributed by atoms with Gasteiger partial charge in [-0.25, -0.2) is 0 Å². The van der Waals surface area contributed by atoms with E-state index in [1.165, 1.54) is 32.4 Å². The number of hydrogen-bond acceptors (Lipinski definition) is 2. The van der Waals surface area contributed by atoms with Crippen molar-refractivity contribution in [2.45, 2.75) is 59.0 Å². The van der Waals surface area contributed by atoms with Crippen LogP contribution in [-0.4, -0.2) is 25.2 Å². The molecule has 84 valence electrons. The van der Waals surface area contributed by atoms with Gasteiger partial charge >= 0.3 is 0 Å². The van der Waals surface area contributed by atoms with Crippen LogP contribution in [0.2, 0.25) is 0 Å². The minimum Gasteiger partial charge on any atom is -0.317 e. The monoisotopic (exact) mass is 198 g/mol. The van der Waals surface area contributed by atoms with Crippen molar-refractivity contribution < 1.29 is 0 Å². The van der Waals surface area contributed by atoms with Gasteiger partial charge in [0.2, 0.25) is 0 Å². The molecule has 2 nitrogen and oxygen atoms in total. The number of nitrogens with one attached hydrogen (secondary N) is 2. The first-order valence-corrected chi connectivity index (χ1v) is 5.97. The molecule has 0 radical (unpaired) electrons. The van der Waals surface area contributed by atoms with Crippen LogP contribution in [-0.2, 0) is 0 Å². The molecule has 1 heterocycles. The van der Waals surface area contributed by atoms with Gasteiger partial charge < -0.3 is 10.6 Å². The zero-order valence-corrected chi connectivity index (χ0v) is 10.2. The molecular weight excluding hydrogens is 172 g/mol. The molecule has 1 aliphatic heterocycles. The van der Waals surface area contributed by atoms with Crippen molar-refractivity contribution in [3.05, 3.63) is 0 Å². The Labute approximate surface area is 88.8 Å². The zero-order chi connectivity index (χ0) is 10.6. The molecule has 0 aromatic carbocycles. The molecule has 0 bridgehead atoms. The molecule has 1 saturated heterocycles. The third-order valence-electron chi connectivity index (χ3n) is 3.36. The largest absolute Gasteiger partial charge is 0.317 e. The fraction of sp³-hybridized carbons (Fsp3) is 1.00. The Balaban J connectivity index is 2.34. The van der Waals surface area contributed by atoms with Crippen molar-refractivity contribution in [3.8, 4) is 0 Å². The van der Waals surface area contributed by atoms with Crippen molar-refractivity contribution >= 4 is 0 Å². The van der Waals surface area contributed by atoms with Crippen LogP contribution in [0.15, 0.2) is 0 Å². The molecule has 0 aromatic heterocycles. The van der Waals surface area contributed by atoms with Gasteiger partial charge in [-0.1, -0.05) is 20.8 Å². The number of rotatable bonds is 2. The van der Waals surface area contributed by atoms with Gasteiger partial charge in [-0.05, 0) is 44.7 Å². The van der Waals surface area contributed by atoms with E-state index in [1.807, 2.05) is 0 Å². The van der Waals surface area contributed by atoms with Gasteiger partial charge in [0.05, 0.1) is 0 Å². The van der Waals surface area contributed by atoms with E-state index in [2.05, 4.69) is 38.3 Å². The average Bonchev–Trinajstić information content (AvgIpc) is 2.31. The molecule has 14 heavy (non-hydrogen) atoms. The van der Waals surface area contributed by atoms with Crippen LogP contribution >= 0.6 is 0 Å². The SMILES string of the molecule is CC(NC1CCCNCC1)C(C)(C)C. The highest BCUT2D eigenvalue weighted by molar-refractivity contribution is 4.81. The van der Waals surface area contributed by atoms with Crippen LogP contribution < -0.4 is 10.6 Å². The van der Waals surface area contributed by atoms with Crippen LogP contribution in [0.3, 0.4) is 0 Å². The first-order chi connectivity index (χ1) is 6.50. The van der Waals surface area contributed by atoms with Gasteiger partial charge in [0.25, 0.3) is 0 Å². The first kappa shape index (κ1) is 12.0. The third kappa shape index (κ3) is 3.97. The summed E-state index contributed by atoms with van der Waals surface area (Å²) in [7, 11) is 0. The summed E-state index contributed by atoms with van der Waals surface area (Å²) < 4.78 is 0. The van der Waals surface area contributed by atoms with E-state index in [4.69, 9.17) is 0 Å². The van der Waals surface area contributed by atoms with Crippen molar-refractivity contribution in [3.63, 3.8) is 0 Å². The molecule has 1 aliphatic rings. The molecule has 2 N–H and O–H groups in total. The molecule has 0 aliphatic carbocycles. The van der Waals surface area contributed by atoms with Crippen molar-refractivity contribution in [2.75, 3.05) is 13.1 Å². The summed E-state index contributed by atoms with van der Waals surface area (Å²) in [6.07, 6.45) is 3.92. The Morgan fingerprint density at radius 2 is 1.93 bits per heavy atom. The molecule has 0 saturated carbocycles. The van der Waals surface area contributed by atoms with Gasteiger partial charge in [-0.15, -0.1) is 0 Å². The Bertz CT molecular complexity index is 152. The summed E-state index contributed by atoms with van der Waals surface area (Å²) in [4.78, 5) is 0. The Hall–Kier alpha value is -0.0800. The smallest absolute Gasteiger partial charge is 0.00898 e. The molecule has 0 amide bonds. The van der Waals surface area contributed by atoms with E-state index in [1.54, 1.807) is 0 Å². The van der Waals surface area contributed by atoms with E-state index < -0.39 is 0 Å². The van der Waals surface area contributed by atoms with Crippen LogP contribution in [0, 0.1) is 5.41 Å². The second kappa shape index (κ2) is 5.13. The van der Waals surface area contributed by atoms with E-state index in [9.17, 15) is 0 Å². The summed E-state index contributed by atoms with van der Waals surface area (Å²) in [5, 5.41) is 7.21. The minimum absolute atomic E-state index is 0.375. The lowest BCUT2D eigenvalue weighted by molar-refractivity contribution is 0.255. The fourth-order valence-corrected chi connectivity index (χ4v) is 1.79. The fourth-order valence-electron chi connectivity index (χ4n) is 1.79. The topological polar surface area (TPSA) is 24.1 Å². The van der Waals surface area contributed by atoms with Crippen molar-refractivity contribution in [1.82, 2.24) is 10.6 Å². The molecule has 2 unspecified atom stereocenters. The predicted octanol–water partition coefficient (Wildman–Crippen LogP) is 2.15. The molecule has 2 atom stereocenters. The van der Waals surface area contributed by atoms with Gasteiger partial charge in [0, 0.05) is 12.1 Å². The second-order valence-corrected chi connectivity index (χ2v) is 5.63. The lowest BCUT2D eigenvalue weighted by Crippen LogP contribution is -2.44. The van der Waals surface area contributed by atoms with Gasteiger partial charge in [0.1, 0.15) is 0 Å². The lowest BCUT2D eigenvalue weighted by Gasteiger charge is -2.32. The second-order valence-electron chi connectivity index (χ2n) is 5.63. The Morgan fingerprint density at radius 1 is 1.21 bits per heavy atom. The summed E-state index contributed by atoms with van der Waals surface area (Å²) in [6.45, 7) is 11.6. The zero-order valence-electron chi connectivity index (χ0n) is 10.2. The molecule has 0 spiro atoms. The molecule has 0 aromatic rings. The van der Waals surface area contributed by atoms with Crippen LogP contribution in [0.25, 0.3) is 0 Å². The van der Waals surface area contributed by atoms with Gasteiger partial charge in [-0.2, -0.15) is 0 Å². The van der Waals surface area contributed by atoms with Crippen molar-refractivity contribution in [2.24, 2.45) is 5.41 Å². The normalized spacial score (nSPS) is 27.0. The molecular formula is C12H26N2. The maximum Gasteiger partial charge on any atom is 0.00898 e. The van der Waals surface area contributed by atoms with E-state index in [0.29, 0.717) is 11.5 Å². The van der Waals surface area contributed by atoms with E-state index in [-0.39, 0.29) is 0 Å². The van der Waals surface area contributed by atoms with Gasteiger partial charge in [-0.3, -0.25) is 0 Å². The van der Waals surface area contributed by atoms with Crippen LogP contribution in [0.4, 0.5) is 0 Å². The summed E-state index contributed by atoms with van der Waals surface area (Å²) in [6, 6.07) is 1.32. The molecule has 1 fully saturated rings. The predicted molar refractivity (Wildman–Crippen MR) is 62.6 cm³/mol. The maximum atomic E-state index is 3.76. The van der Waals surface area contributed by atoms with Gasteiger partial charge in [0.15, 0.2) is 0 Å². The summed E-state index contributed by atoms with van der Waals surface area (Å²) in [5.41, 5.74) is 0.375. The Morgan fingerprint density at radius 3 is 2.57 bits per heavy atom. The minimum atomic E-state index is 0.375. The van der Waals surface area contributed by atoms with E-state index >= 15 is 0 Å². The maximum absolute atomic E-state index is 3.76. The Kier molecular flexibility index (Phi) is 4.39. The van der Waals surface area contributed by atoms with Crippen LogP contribution in [0.5, 0.6) is 0 Å². The molecule has 2 heteroatoms. The lowest BCUT2D eigenvalue weighted by atomic mass is 9.87. The number of hydrogen-bond donors (Lipinski definition) is 2.